The molecule has 26 heavy (non-hydrogen) atoms. The first-order valence-corrected chi connectivity index (χ1v) is 9.86. The van der Waals surface area contributed by atoms with Crippen LogP contribution in [0.4, 0.5) is 0 Å². The third kappa shape index (κ3) is 3.59. The Bertz CT molecular complexity index is 886. The van der Waals surface area contributed by atoms with Gasteiger partial charge in [-0.05, 0) is 31.2 Å². The highest BCUT2D eigenvalue weighted by Gasteiger charge is 2.31. The van der Waals surface area contributed by atoms with Gasteiger partial charge in [0.1, 0.15) is 5.75 Å². The summed E-state index contributed by atoms with van der Waals surface area (Å²) in [4.78, 5) is 14.7. The summed E-state index contributed by atoms with van der Waals surface area (Å²) in [6.45, 7) is 3.16. The van der Waals surface area contributed by atoms with Crippen molar-refractivity contribution in [1.82, 2.24) is 9.21 Å². The van der Waals surface area contributed by atoms with E-state index in [1.165, 1.54) is 11.4 Å². The highest BCUT2D eigenvalue weighted by Crippen LogP contribution is 2.22. The Hall–Kier alpha value is -2.38. The number of carbonyl (C=O) groups is 1. The molecule has 1 aliphatic rings. The molecule has 1 aliphatic heterocycles. The molecule has 0 spiro atoms. The minimum absolute atomic E-state index is 0.144. The number of aryl methyl sites for hydroxylation is 1. The Labute approximate surface area is 154 Å². The number of para-hydroxylation sites is 1. The zero-order valence-corrected chi connectivity index (χ0v) is 15.7. The molecule has 1 heterocycles. The van der Waals surface area contributed by atoms with Crippen molar-refractivity contribution >= 4 is 15.9 Å². The number of benzene rings is 2. The minimum atomic E-state index is -3.53. The van der Waals surface area contributed by atoms with E-state index in [-0.39, 0.29) is 23.9 Å². The second-order valence-electron chi connectivity index (χ2n) is 6.21. The Kier molecular flexibility index (Phi) is 5.29. The monoisotopic (exact) mass is 374 g/mol. The van der Waals surface area contributed by atoms with Gasteiger partial charge < -0.3 is 9.64 Å². The molecule has 6 nitrogen and oxygen atoms in total. The van der Waals surface area contributed by atoms with Gasteiger partial charge in [-0.15, -0.1) is 0 Å². The molecule has 1 fully saturated rings. The molecule has 0 saturated carbocycles. The van der Waals surface area contributed by atoms with Crippen molar-refractivity contribution in [1.29, 1.82) is 0 Å². The molecule has 0 N–H and O–H groups in total. The lowest BCUT2D eigenvalue weighted by Crippen LogP contribution is -2.50. The van der Waals surface area contributed by atoms with Crippen LogP contribution in [0, 0.1) is 6.92 Å². The van der Waals surface area contributed by atoms with Gasteiger partial charge >= 0.3 is 0 Å². The van der Waals surface area contributed by atoms with Crippen molar-refractivity contribution in [3.63, 3.8) is 0 Å². The fraction of sp³-hybridized carbons (Fsp3) is 0.316. The molecule has 0 radical (unpaired) electrons. The zero-order chi connectivity index (χ0) is 18.7. The lowest BCUT2D eigenvalue weighted by molar-refractivity contribution is 0.0694. The van der Waals surface area contributed by atoms with Gasteiger partial charge in [-0.1, -0.05) is 29.8 Å². The van der Waals surface area contributed by atoms with Crippen molar-refractivity contribution in [2.24, 2.45) is 0 Å². The summed E-state index contributed by atoms with van der Waals surface area (Å²) < 4.78 is 32.2. The number of piperazine rings is 1. The van der Waals surface area contributed by atoms with Gasteiger partial charge in [0.2, 0.25) is 10.0 Å². The summed E-state index contributed by atoms with van der Waals surface area (Å²) in [6.07, 6.45) is 0. The smallest absolute Gasteiger partial charge is 0.257 e. The number of ether oxygens (including phenoxy) is 1. The van der Waals surface area contributed by atoms with E-state index in [0.29, 0.717) is 24.4 Å². The molecule has 1 amide bonds. The summed E-state index contributed by atoms with van der Waals surface area (Å²) in [5.41, 5.74) is 1.50. The number of hydrogen-bond acceptors (Lipinski definition) is 4. The Morgan fingerprint density at radius 1 is 0.962 bits per heavy atom. The lowest BCUT2D eigenvalue weighted by Gasteiger charge is -2.34. The maximum Gasteiger partial charge on any atom is 0.257 e. The number of carbonyl (C=O) groups excluding carboxylic acids is 1. The molecule has 0 aromatic heterocycles. The molecule has 0 bridgehead atoms. The van der Waals surface area contributed by atoms with Crippen LogP contribution in [-0.2, 0) is 10.0 Å². The molecule has 0 atom stereocenters. The number of nitrogens with zero attached hydrogens (tertiary/aromatic N) is 2. The summed E-state index contributed by atoms with van der Waals surface area (Å²) in [5.74, 6) is 0.377. The van der Waals surface area contributed by atoms with Gasteiger partial charge in [-0.2, -0.15) is 4.31 Å². The quantitative estimate of drug-likeness (QED) is 0.822. The van der Waals surface area contributed by atoms with Gasteiger partial charge in [-0.25, -0.2) is 8.42 Å². The fourth-order valence-electron chi connectivity index (χ4n) is 2.98. The van der Waals surface area contributed by atoms with Crippen LogP contribution in [0.25, 0.3) is 0 Å². The lowest BCUT2D eigenvalue weighted by atomic mass is 10.1. The normalized spacial score (nSPS) is 15.7. The molecule has 3 rings (SSSR count). The van der Waals surface area contributed by atoms with Crippen LogP contribution in [-0.4, -0.2) is 56.8 Å². The van der Waals surface area contributed by atoms with Crippen LogP contribution in [0.5, 0.6) is 5.75 Å². The third-order valence-corrected chi connectivity index (χ3v) is 6.43. The van der Waals surface area contributed by atoms with Crippen LogP contribution in [0.2, 0.25) is 0 Å². The second-order valence-corrected chi connectivity index (χ2v) is 8.15. The molecule has 7 heteroatoms. The van der Waals surface area contributed by atoms with E-state index in [0.717, 1.165) is 5.56 Å². The number of methoxy groups -OCH3 is 1. The average Bonchev–Trinajstić information content (AvgIpc) is 2.68. The van der Waals surface area contributed by atoms with E-state index < -0.39 is 10.0 Å². The summed E-state index contributed by atoms with van der Waals surface area (Å²) in [7, 11) is -2.01. The van der Waals surface area contributed by atoms with Crippen LogP contribution in [0.15, 0.2) is 53.4 Å². The van der Waals surface area contributed by atoms with E-state index in [9.17, 15) is 13.2 Å². The van der Waals surface area contributed by atoms with E-state index in [1.807, 2.05) is 13.0 Å². The van der Waals surface area contributed by atoms with Crippen molar-refractivity contribution in [2.45, 2.75) is 11.8 Å². The summed E-state index contributed by atoms with van der Waals surface area (Å²) >= 11 is 0. The fourth-order valence-corrected chi connectivity index (χ4v) is 4.40. The molecule has 2 aromatic rings. The van der Waals surface area contributed by atoms with Crippen LogP contribution >= 0.6 is 0 Å². The molecule has 0 aliphatic carbocycles. The Morgan fingerprint density at radius 3 is 2.19 bits per heavy atom. The third-order valence-electron chi connectivity index (χ3n) is 4.52. The van der Waals surface area contributed by atoms with Crippen LogP contribution < -0.4 is 4.74 Å². The Morgan fingerprint density at radius 2 is 1.58 bits per heavy atom. The first-order chi connectivity index (χ1) is 12.4. The van der Waals surface area contributed by atoms with Crippen molar-refractivity contribution in [3.05, 3.63) is 59.7 Å². The number of amides is 1. The van der Waals surface area contributed by atoms with Crippen molar-refractivity contribution in [2.75, 3.05) is 33.3 Å². The Balaban J connectivity index is 1.71. The molecular weight excluding hydrogens is 352 g/mol. The number of rotatable bonds is 4. The molecule has 0 unspecified atom stereocenters. The molecule has 138 valence electrons. The largest absolute Gasteiger partial charge is 0.496 e. The van der Waals surface area contributed by atoms with E-state index in [1.54, 1.807) is 47.4 Å². The molecule has 1 saturated heterocycles. The molecular formula is C19H22N2O4S. The van der Waals surface area contributed by atoms with Crippen LogP contribution in [0.1, 0.15) is 15.9 Å². The number of hydrogen-bond donors (Lipinski definition) is 0. The van der Waals surface area contributed by atoms with E-state index >= 15 is 0 Å². The van der Waals surface area contributed by atoms with Crippen molar-refractivity contribution < 1.29 is 17.9 Å². The van der Waals surface area contributed by atoms with Gasteiger partial charge in [-0.3, -0.25) is 4.79 Å². The summed E-state index contributed by atoms with van der Waals surface area (Å²) in [5, 5.41) is 0. The SMILES string of the molecule is COc1ccccc1C(=O)N1CCN(S(=O)(=O)c2ccc(C)cc2)CC1. The maximum atomic E-state index is 12.7. The summed E-state index contributed by atoms with van der Waals surface area (Å²) in [6, 6.07) is 13.9. The van der Waals surface area contributed by atoms with Crippen molar-refractivity contribution in [3.8, 4) is 5.75 Å². The van der Waals surface area contributed by atoms with Gasteiger partial charge in [0.15, 0.2) is 0 Å². The van der Waals surface area contributed by atoms with E-state index in [2.05, 4.69) is 0 Å². The van der Waals surface area contributed by atoms with Gasteiger partial charge in [0.05, 0.1) is 17.6 Å². The van der Waals surface area contributed by atoms with Gasteiger partial charge in [0, 0.05) is 26.2 Å². The second kappa shape index (κ2) is 7.47. The highest BCUT2D eigenvalue weighted by atomic mass is 32.2. The maximum absolute atomic E-state index is 12.7. The highest BCUT2D eigenvalue weighted by molar-refractivity contribution is 7.89. The predicted molar refractivity (Wildman–Crippen MR) is 98.8 cm³/mol. The topological polar surface area (TPSA) is 66.9 Å². The first-order valence-electron chi connectivity index (χ1n) is 8.42. The van der Waals surface area contributed by atoms with E-state index in [4.69, 9.17) is 4.74 Å². The van der Waals surface area contributed by atoms with Crippen LogP contribution in [0.3, 0.4) is 0 Å². The van der Waals surface area contributed by atoms with Gasteiger partial charge in [0.25, 0.3) is 5.91 Å². The minimum Gasteiger partial charge on any atom is -0.496 e. The zero-order valence-electron chi connectivity index (χ0n) is 14.9. The predicted octanol–water partition coefficient (Wildman–Crippen LogP) is 2.15. The standard InChI is InChI=1S/C19H22N2O4S/c1-15-7-9-16(10-8-15)26(23,24)21-13-11-20(12-14-21)19(22)17-5-3-4-6-18(17)25-2/h3-10H,11-14H2,1-2H3. The first kappa shape index (κ1) is 18.4. The average molecular weight is 374 g/mol. The number of sulfonamides is 1. The molecule has 2 aromatic carbocycles.